The summed E-state index contributed by atoms with van der Waals surface area (Å²) in [7, 11) is 1.65. The number of carbonyl (C=O) groups is 1. The van der Waals surface area contributed by atoms with Gasteiger partial charge in [0.2, 0.25) is 5.91 Å². The summed E-state index contributed by atoms with van der Waals surface area (Å²) < 4.78 is 5.38. The van der Waals surface area contributed by atoms with Gasteiger partial charge in [0.1, 0.15) is 5.75 Å². The molecule has 0 unspecified atom stereocenters. The molecular weight excluding hydrogens is 336 g/mol. The largest absolute Gasteiger partial charge is 0.496 e. The lowest BCUT2D eigenvalue weighted by molar-refractivity contribution is -0.115. The van der Waals surface area contributed by atoms with Gasteiger partial charge in [0.05, 0.1) is 13.7 Å². The minimum absolute atomic E-state index is 0.00681. The summed E-state index contributed by atoms with van der Waals surface area (Å²) in [6.07, 6.45) is 0. The fourth-order valence-electron chi connectivity index (χ4n) is 2.96. The molecule has 0 saturated heterocycles. The molecule has 0 heterocycles. The Morgan fingerprint density at radius 3 is 2.22 bits per heavy atom. The molecule has 2 N–H and O–H groups in total. The minimum Gasteiger partial charge on any atom is -0.496 e. The van der Waals surface area contributed by atoms with E-state index >= 15 is 0 Å². The average molecular weight is 360 g/mol. The van der Waals surface area contributed by atoms with Gasteiger partial charge in [0, 0.05) is 17.3 Å². The molecule has 0 bridgehead atoms. The van der Waals surface area contributed by atoms with Crippen molar-refractivity contribution in [3.8, 4) is 16.9 Å². The molecule has 4 nitrogen and oxygen atoms in total. The summed E-state index contributed by atoms with van der Waals surface area (Å²) in [5.74, 6) is 0.735. The van der Waals surface area contributed by atoms with E-state index in [1.165, 1.54) is 0 Å². The Kier molecular flexibility index (Phi) is 6.23. The lowest BCUT2D eigenvalue weighted by atomic mass is 10.1. The van der Waals surface area contributed by atoms with Gasteiger partial charge in [-0.3, -0.25) is 4.79 Å². The number of anilines is 1. The predicted molar refractivity (Wildman–Crippen MR) is 110 cm³/mol. The summed E-state index contributed by atoms with van der Waals surface area (Å²) in [5, 5.41) is 6.16. The Morgan fingerprint density at radius 2 is 1.52 bits per heavy atom. The zero-order chi connectivity index (χ0) is 19.1. The van der Waals surface area contributed by atoms with Crippen molar-refractivity contribution in [3.05, 3.63) is 84.4 Å². The van der Waals surface area contributed by atoms with Crippen molar-refractivity contribution in [3.63, 3.8) is 0 Å². The van der Waals surface area contributed by atoms with Crippen molar-refractivity contribution >= 4 is 11.6 Å². The standard InChI is InChI=1S/C23H24N2O2/c1-17(21-10-6-7-11-22(21)27-2)24-16-23(26)25-20-14-12-19(13-15-20)18-8-4-3-5-9-18/h3-15,17,24H,16H2,1-2H3,(H,25,26)/t17-/m0/s1. The normalized spacial score (nSPS) is 11.6. The van der Waals surface area contributed by atoms with Crippen LogP contribution < -0.4 is 15.4 Å². The molecule has 1 amide bonds. The van der Waals surface area contributed by atoms with Gasteiger partial charge in [-0.05, 0) is 36.2 Å². The number of hydrogen-bond donors (Lipinski definition) is 2. The van der Waals surface area contributed by atoms with Gasteiger partial charge in [-0.1, -0.05) is 60.7 Å². The Bertz CT molecular complexity index is 876. The highest BCUT2D eigenvalue weighted by Crippen LogP contribution is 2.24. The smallest absolute Gasteiger partial charge is 0.238 e. The molecule has 0 saturated carbocycles. The van der Waals surface area contributed by atoms with Crippen LogP contribution in [-0.2, 0) is 4.79 Å². The predicted octanol–water partition coefficient (Wildman–Crippen LogP) is 4.65. The lowest BCUT2D eigenvalue weighted by Crippen LogP contribution is -2.30. The number of carbonyl (C=O) groups excluding carboxylic acids is 1. The molecule has 138 valence electrons. The molecule has 3 aromatic rings. The van der Waals surface area contributed by atoms with Gasteiger partial charge in [0.25, 0.3) is 0 Å². The van der Waals surface area contributed by atoms with Crippen molar-refractivity contribution in [1.29, 1.82) is 0 Å². The molecule has 27 heavy (non-hydrogen) atoms. The third-order valence-corrected chi connectivity index (χ3v) is 4.45. The lowest BCUT2D eigenvalue weighted by Gasteiger charge is -2.17. The maximum atomic E-state index is 12.3. The van der Waals surface area contributed by atoms with Crippen molar-refractivity contribution in [1.82, 2.24) is 5.32 Å². The molecule has 1 atom stereocenters. The molecule has 3 aromatic carbocycles. The number of benzene rings is 3. The van der Waals surface area contributed by atoms with E-state index in [0.717, 1.165) is 28.1 Å². The second-order valence-corrected chi connectivity index (χ2v) is 6.34. The minimum atomic E-state index is -0.0794. The van der Waals surface area contributed by atoms with Crippen LogP contribution in [0.25, 0.3) is 11.1 Å². The second-order valence-electron chi connectivity index (χ2n) is 6.34. The van der Waals surface area contributed by atoms with Crippen molar-refractivity contribution in [2.75, 3.05) is 19.0 Å². The van der Waals surface area contributed by atoms with Gasteiger partial charge in [-0.25, -0.2) is 0 Å². The van der Waals surface area contributed by atoms with Gasteiger partial charge in [0.15, 0.2) is 0 Å². The highest BCUT2D eigenvalue weighted by atomic mass is 16.5. The molecule has 4 heteroatoms. The third-order valence-electron chi connectivity index (χ3n) is 4.45. The van der Waals surface area contributed by atoms with Crippen LogP contribution in [0.2, 0.25) is 0 Å². The zero-order valence-corrected chi connectivity index (χ0v) is 15.6. The highest BCUT2D eigenvalue weighted by Gasteiger charge is 2.12. The molecule has 0 spiro atoms. The third kappa shape index (κ3) is 4.96. The molecule has 0 fully saturated rings. The van der Waals surface area contributed by atoms with E-state index in [1.807, 2.05) is 73.7 Å². The maximum absolute atomic E-state index is 12.3. The van der Waals surface area contributed by atoms with Crippen molar-refractivity contribution in [2.24, 2.45) is 0 Å². The average Bonchev–Trinajstić information content (AvgIpc) is 2.73. The van der Waals surface area contributed by atoms with Crippen LogP contribution in [-0.4, -0.2) is 19.6 Å². The van der Waals surface area contributed by atoms with Crippen molar-refractivity contribution in [2.45, 2.75) is 13.0 Å². The number of para-hydroxylation sites is 1. The molecule has 0 aliphatic carbocycles. The zero-order valence-electron chi connectivity index (χ0n) is 15.6. The summed E-state index contributed by atoms with van der Waals surface area (Å²) in [6, 6.07) is 25.8. The molecule has 0 aromatic heterocycles. The van der Waals surface area contributed by atoms with Crippen LogP contribution in [0.5, 0.6) is 5.75 Å². The summed E-state index contributed by atoms with van der Waals surface area (Å²) in [4.78, 5) is 12.3. The first kappa shape index (κ1) is 18.7. The fourth-order valence-corrected chi connectivity index (χ4v) is 2.96. The SMILES string of the molecule is COc1ccccc1[C@H](C)NCC(=O)Nc1ccc(-c2ccccc2)cc1. The number of nitrogens with one attached hydrogen (secondary N) is 2. The molecular formula is C23H24N2O2. The monoisotopic (exact) mass is 360 g/mol. The van der Waals surface area contributed by atoms with E-state index in [0.29, 0.717) is 0 Å². The summed E-state index contributed by atoms with van der Waals surface area (Å²) in [6.45, 7) is 2.24. The van der Waals surface area contributed by atoms with E-state index in [1.54, 1.807) is 7.11 Å². The maximum Gasteiger partial charge on any atom is 0.238 e. The van der Waals surface area contributed by atoms with Gasteiger partial charge in [-0.2, -0.15) is 0 Å². The highest BCUT2D eigenvalue weighted by molar-refractivity contribution is 5.92. The first-order chi connectivity index (χ1) is 13.2. The number of hydrogen-bond acceptors (Lipinski definition) is 3. The Morgan fingerprint density at radius 1 is 0.889 bits per heavy atom. The fraction of sp³-hybridized carbons (Fsp3) is 0.174. The molecule has 0 aliphatic rings. The molecule has 0 radical (unpaired) electrons. The van der Waals surface area contributed by atoms with Crippen LogP contribution in [0.1, 0.15) is 18.5 Å². The van der Waals surface area contributed by atoms with Gasteiger partial charge >= 0.3 is 0 Å². The number of ether oxygens (including phenoxy) is 1. The van der Waals surface area contributed by atoms with Gasteiger partial charge in [-0.15, -0.1) is 0 Å². The second kappa shape index (κ2) is 9.01. The van der Waals surface area contributed by atoms with Crippen LogP contribution >= 0.6 is 0 Å². The summed E-state index contributed by atoms with van der Waals surface area (Å²) >= 11 is 0. The topological polar surface area (TPSA) is 50.4 Å². The van der Waals surface area contributed by atoms with E-state index in [9.17, 15) is 4.79 Å². The van der Waals surface area contributed by atoms with E-state index in [4.69, 9.17) is 4.74 Å². The Labute approximate surface area is 160 Å². The Hall–Kier alpha value is -3.11. The molecule has 3 rings (SSSR count). The van der Waals surface area contributed by atoms with Crippen LogP contribution in [0.4, 0.5) is 5.69 Å². The number of amides is 1. The Balaban J connectivity index is 1.55. The first-order valence-electron chi connectivity index (χ1n) is 8.99. The van der Waals surface area contributed by atoms with Crippen molar-refractivity contribution < 1.29 is 9.53 Å². The van der Waals surface area contributed by atoms with Crippen LogP contribution in [0.15, 0.2) is 78.9 Å². The van der Waals surface area contributed by atoms with E-state index in [-0.39, 0.29) is 18.5 Å². The summed E-state index contributed by atoms with van der Waals surface area (Å²) in [5.41, 5.74) is 4.09. The first-order valence-corrected chi connectivity index (χ1v) is 8.99. The van der Waals surface area contributed by atoms with E-state index in [2.05, 4.69) is 22.8 Å². The number of rotatable bonds is 7. The van der Waals surface area contributed by atoms with Gasteiger partial charge < -0.3 is 15.4 Å². The van der Waals surface area contributed by atoms with Crippen LogP contribution in [0, 0.1) is 0 Å². The molecule has 0 aliphatic heterocycles. The van der Waals surface area contributed by atoms with Crippen LogP contribution in [0.3, 0.4) is 0 Å². The van der Waals surface area contributed by atoms with E-state index < -0.39 is 0 Å². The number of methoxy groups -OCH3 is 1. The quantitative estimate of drug-likeness (QED) is 0.645.